The minimum Gasteiger partial charge on any atom is -0.506 e. The molecule has 2 atom stereocenters. The second kappa shape index (κ2) is 14.5. The number of imidazole rings is 1. The number of amides is 4. The SMILES string of the molecule is Cn1c(=O)n(C2CCC(=O)NC2=O)c2ccc(C3CCN(CC(=O)N4CCC[C@@H](COc5ccc6cc(O)c(N7CC(=O)NS7(=O)=O)c(F)c6c5)C4)CC3)cc21. The van der Waals surface area contributed by atoms with Crippen LogP contribution in [-0.2, 0) is 36.4 Å². The highest BCUT2D eigenvalue weighted by atomic mass is 32.2. The van der Waals surface area contributed by atoms with Gasteiger partial charge in [-0.05, 0) is 92.4 Å². The average Bonchev–Trinajstić information content (AvgIpc) is 3.59. The summed E-state index contributed by atoms with van der Waals surface area (Å²) < 4.78 is 51.8. The Kier molecular flexibility index (Phi) is 9.72. The Labute approximate surface area is 320 Å². The Balaban J connectivity index is 0.859. The quantitative estimate of drug-likeness (QED) is 0.223. The fourth-order valence-electron chi connectivity index (χ4n) is 8.50. The molecule has 0 aliphatic carbocycles. The number of carbonyl (C=O) groups excluding carboxylic acids is 4. The number of anilines is 1. The van der Waals surface area contributed by atoms with E-state index in [0.29, 0.717) is 40.6 Å². The number of likely N-dealkylation sites (tertiary alicyclic amines) is 2. The van der Waals surface area contributed by atoms with Crippen molar-refractivity contribution in [2.24, 2.45) is 13.0 Å². The second-order valence-electron chi connectivity index (χ2n) is 15.1. The van der Waals surface area contributed by atoms with Crippen molar-refractivity contribution in [1.82, 2.24) is 29.0 Å². The summed E-state index contributed by atoms with van der Waals surface area (Å²) in [6.45, 7) is 2.55. The minimum absolute atomic E-state index is 0.0177. The van der Waals surface area contributed by atoms with Crippen molar-refractivity contribution in [3.63, 3.8) is 0 Å². The van der Waals surface area contributed by atoms with Crippen LogP contribution in [0.4, 0.5) is 10.1 Å². The molecule has 0 bridgehead atoms. The normalized spacial score (nSPS) is 22.1. The lowest BCUT2D eigenvalue weighted by molar-refractivity contribution is -0.136. The Morgan fingerprint density at radius 1 is 0.964 bits per heavy atom. The van der Waals surface area contributed by atoms with Crippen molar-refractivity contribution in [1.29, 1.82) is 0 Å². The fraction of sp³-hybridized carbons (Fsp3) is 0.447. The average molecular weight is 792 g/mol. The molecule has 1 unspecified atom stereocenters. The molecule has 56 heavy (non-hydrogen) atoms. The zero-order valence-electron chi connectivity index (χ0n) is 30.7. The van der Waals surface area contributed by atoms with Gasteiger partial charge < -0.3 is 14.7 Å². The van der Waals surface area contributed by atoms with Crippen molar-refractivity contribution in [2.75, 3.05) is 50.2 Å². The molecule has 8 rings (SSSR count). The first-order valence-corrected chi connectivity index (χ1v) is 20.2. The van der Waals surface area contributed by atoms with Crippen LogP contribution in [0.25, 0.3) is 21.8 Å². The Bertz CT molecular complexity index is 2460. The monoisotopic (exact) mass is 791 g/mol. The molecule has 3 aromatic carbocycles. The van der Waals surface area contributed by atoms with E-state index in [1.165, 1.54) is 16.7 Å². The van der Waals surface area contributed by atoms with E-state index in [2.05, 4.69) is 10.2 Å². The number of piperidine rings is 3. The lowest BCUT2D eigenvalue weighted by Gasteiger charge is -2.36. The molecule has 4 aliphatic heterocycles. The molecule has 18 heteroatoms. The Morgan fingerprint density at radius 2 is 1.75 bits per heavy atom. The van der Waals surface area contributed by atoms with Gasteiger partial charge in [0.15, 0.2) is 5.82 Å². The van der Waals surface area contributed by atoms with Crippen molar-refractivity contribution in [3.05, 3.63) is 64.3 Å². The van der Waals surface area contributed by atoms with Crippen LogP contribution in [0.2, 0.25) is 0 Å². The summed E-state index contributed by atoms with van der Waals surface area (Å²) >= 11 is 0. The third-order valence-electron chi connectivity index (χ3n) is 11.5. The first kappa shape index (κ1) is 37.4. The van der Waals surface area contributed by atoms with Gasteiger partial charge in [0.05, 0.1) is 24.2 Å². The van der Waals surface area contributed by atoms with Crippen LogP contribution in [0.5, 0.6) is 11.5 Å². The van der Waals surface area contributed by atoms with E-state index in [-0.39, 0.29) is 54.2 Å². The number of hydrogen-bond donors (Lipinski definition) is 3. The number of phenolic OH excluding ortho intramolecular Hbond substituents is 1. The summed E-state index contributed by atoms with van der Waals surface area (Å²) in [4.78, 5) is 66.7. The summed E-state index contributed by atoms with van der Waals surface area (Å²) in [5.41, 5.74) is 1.56. The smallest absolute Gasteiger partial charge is 0.329 e. The van der Waals surface area contributed by atoms with E-state index in [1.807, 2.05) is 23.1 Å². The topological polar surface area (TPSA) is 193 Å². The van der Waals surface area contributed by atoms with Gasteiger partial charge in [-0.1, -0.05) is 12.1 Å². The number of carbonyl (C=O) groups is 4. The number of imide groups is 1. The van der Waals surface area contributed by atoms with Crippen LogP contribution in [0.1, 0.15) is 56.0 Å². The number of nitrogens with zero attached hydrogens (tertiary/aromatic N) is 5. The zero-order chi connectivity index (χ0) is 39.5. The van der Waals surface area contributed by atoms with Crippen LogP contribution in [0, 0.1) is 11.7 Å². The van der Waals surface area contributed by atoms with Gasteiger partial charge in [0.1, 0.15) is 29.8 Å². The number of benzene rings is 3. The number of nitrogens with one attached hydrogen (secondary N) is 2. The molecule has 0 spiro atoms. The summed E-state index contributed by atoms with van der Waals surface area (Å²) in [5, 5.41) is 13.1. The molecule has 4 fully saturated rings. The molecule has 4 aliphatic rings. The van der Waals surface area contributed by atoms with E-state index in [0.717, 1.165) is 49.9 Å². The number of rotatable bonds is 8. The van der Waals surface area contributed by atoms with Gasteiger partial charge in [0.25, 0.3) is 5.91 Å². The van der Waals surface area contributed by atoms with Gasteiger partial charge in [-0.25, -0.2) is 18.2 Å². The van der Waals surface area contributed by atoms with Crippen molar-refractivity contribution in [2.45, 2.75) is 50.5 Å². The van der Waals surface area contributed by atoms with Crippen LogP contribution in [0.3, 0.4) is 0 Å². The number of phenols is 1. The Morgan fingerprint density at radius 3 is 2.48 bits per heavy atom. The van der Waals surface area contributed by atoms with Gasteiger partial charge >= 0.3 is 15.9 Å². The molecule has 4 saturated heterocycles. The van der Waals surface area contributed by atoms with Crippen LogP contribution in [-0.4, -0.2) is 102 Å². The number of halogens is 1. The number of aromatic hydroxyl groups is 1. The van der Waals surface area contributed by atoms with E-state index >= 15 is 4.39 Å². The van der Waals surface area contributed by atoms with E-state index in [1.54, 1.807) is 28.5 Å². The summed E-state index contributed by atoms with van der Waals surface area (Å²) in [5.74, 6) is -2.59. The fourth-order valence-corrected chi connectivity index (χ4v) is 9.67. The molecule has 296 valence electrons. The third-order valence-corrected chi connectivity index (χ3v) is 12.9. The van der Waals surface area contributed by atoms with Crippen LogP contribution in [0.15, 0.2) is 47.3 Å². The lowest BCUT2D eigenvalue weighted by Crippen LogP contribution is -2.47. The standard InChI is InChI=1S/C38H42FN7O9S/c1-42-30-15-24(5-7-28(30)46(38(42)52)29-8-9-32(48)40-37(29)51)23-10-13-43(14-11-23)20-34(50)44-12-2-3-22(18-44)21-55-26-6-4-25-16-31(47)36(35(39)27(25)17-26)45-19-33(49)41-56(45,53)54/h4-7,15-17,22-23,29,47H,2-3,8-14,18-21H2,1H3,(H,41,49)(H,40,48,51)/t22-,29?/m1/s1. The molecule has 4 amide bonds. The molecule has 1 aromatic heterocycles. The van der Waals surface area contributed by atoms with Gasteiger partial charge in [-0.15, -0.1) is 0 Å². The first-order valence-electron chi connectivity index (χ1n) is 18.7. The second-order valence-corrected chi connectivity index (χ2v) is 16.7. The molecule has 3 N–H and O–H groups in total. The number of aryl methyl sites for hydroxylation is 1. The van der Waals surface area contributed by atoms with Crippen LogP contribution >= 0.6 is 0 Å². The number of aromatic nitrogens is 2. The minimum atomic E-state index is -4.35. The largest absolute Gasteiger partial charge is 0.506 e. The van der Waals surface area contributed by atoms with E-state index < -0.39 is 51.9 Å². The predicted molar refractivity (Wildman–Crippen MR) is 202 cm³/mol. The predicted octanol–water partition coefficient (Wildman–Crippen LogP) is 1.99. The molecule has 5 heterocycles. The summed E-state index contributed by atoms with van der Waals surface area (Å²) in [7, 11) is -2.66. The number of ether oxygens (including phenoxy) is 1. The summed E-state index contributed by atoms with van der Waals surface area (Å²) in [6, 6.07) is 11.0. The number of hydrogen-bond acceptors (Lipinski definition) is 10. The highest BCUT2D eigenvalue weighted by Gasteiger charge is 2.38. The maximum absolute atomic E-state index is 15.7. The molecule has 0 saturated carbocycles. The van der Waals surface area contributed by atoms with E-state index in [9.17, 15) is 37.5 Å². The van der Waals surface area contributed by atoms with Gasteiger partial charge in [0, 0.05) is 37.9 Å². The van der Waals surface area contributed by atoms with Crippen LogP contribution < -0.4 is 24.8 Å². The highest BCUT2D eigenvalue weighted by Crippen LogP contribution is 2.39. The lowest BCUT2D eigenvalue weighted by atomic mass is 9.89. The summed E-state index contributed by atoms with van der Waals surface area (Å²) in [6.07, 6.45) is 3.79. The molecule has 4 aromatic rings. The molecular formula is C38H42FN7O9S. The van der Waals surface area contributed by atoms with E-state index in [4.69, 9.17) is 4.74 Å². The maximum Gasteiger partial charge on any atom is 0.329 e. The highest BCUT2D eigenvalue weighted by molar-refractivity contribution is 7.92. The zero-order valence-corrected chi connectivity index (χ0v) is 31.5. The van der Waals surface area contributed by atoms with Crippen molar-refractivity contribution in [3.8, 4) is 11.5 Å². The molecule has 16 nitrogen and oxygen atoms in total. The van der Waals surface area contributed by atoms with Gasteiger partial charge in [-0.2, -0.15) is 8.42 Å². The van der Waals surface area contributed by atoms with Gasteiger partial charge in [0.2, 0.25) is 17.7 Å². The third kappa shape index (κ3) is 6.95. The van der Waals surface area contributed by atoms with Crippen molar-refractivity contribution < 1.29 is 41.8 Å². The number of fused-ring (bicyclic) bond motifs is 2. The molecular weight excluding hydrogens is 750 g/mol. The van der Waals surface area contributed by atoms with Crippen molar-refractivity contribution >= 4 is 61.3 Å². The maximum atomic E-state index is 15.7. The van der Waals surface area contributed by atoms with Gasteiger partial charge in [-0.3, -0.25) is 38.5 Å². The molecule has 0 radical (unpaired) electrons. The Hall–Kier alpha value is -5.49. The first-order chi connectivity index (χ1) is 26.8.